The predicted octanol–water partition coefficient (Wildman–Crippen LogP) is -1.84. The third-order valence-electron chi connectivity index (χ3n) is 0. The summed E-state index contributed by atoms with van der Waals surface area (Å²) in [6.07, 6.45) is 0. The van der Waals surface area contributed by atoms with Crippen molar-refractivity contribution in [2.75, 3.05) is 0 Å². The summed E-state index contributed by atoms with van der Waals surface area (Å²) in [7, 11) is 0. The van der Waals surface area contributed by atoms with Crippen molar-refractivity contribution in [1.29, 1.82) is 0 Å². The Kier molecular flexibility index (Phi) is 9.82. The van der Waals surface area contributed by atoms with E-state index in [9.17, 15) is 0 Å². The van der Waals surface area contributed by atoms with Crippen LogP contribution in [0.15, 0.2) is 0 Å². The minimum absolute atomic E-state index is 2.11. The minimum Gasteiger partial charge on any atom is -0.294 e. The summed E-state index contributed by atoms with van der Waals surface area (Å²) in [5.74, 6) is 0. The van der Waals surface area contributed by atoms with E-state index in [-0.39, 0.29) is 0 Å². The molecular weight excluding hydrogens is 156 g/mol. The van der Waals surface area contributed by atoms with Crippen LogP contribution in [-0.2, 0) is 22.5 Å². The van der Waals surface area contributed by atoms with Crippen LogP contribution < -0.4 is 10.3 Å². The molecule has 0 aliphatic rings. The Hall–Kier alpha value is 0.140. The zero-order chi connectivity index (χ0) is 7.15. The molecule has 0 aliphatic heterocycles. The normalized spacial score (nSPS) is 15.5. The molecule has 0 radical (unpaired) electrons. The van der Waals surface area contributed by atoms with Gasteiger partial charge in [0.1, 0.15) is 0 Å². The average molecular weight is 162 g/mol. The first kappa shape index (κ1) is 11.0. The van der Waals surface area contributed by atoms with Gasteiger partial charge in [0.15, 0.2) is 0 Å². The largest absolute Gasteiger partial charge is 0.294 e. The van der Waals surface area contributed by atoms with Crippen molar-refractivity contribution in [2.45, 2.75) is 0 Å². The van der Waals surface area contributed by atoms with E-state index in [2.05, 4.69) is 10.3 Å². The molecule has 6 nitrogen and oxygen atoms in total. The van der Waals surface area contributed by atoms with Crippen molar-refractivity contribution in [3.8, 4) is 0 Å². The van der Waals surface area contributed by atoms with Gasteiger partial charge in [-0.2, -0.15) is 0 Å². The number of rotatable bonds is 0. The summed E-state index contributed by atoms with van der Waals surface area (Å²) >= 11 is -4.22. The van der Waals surface area contributed by atoms with Gasteiger partial charge in [-0.25, -0.2) is 18.7 Å². The first-order chi connectivity index (χ1) is 3.46. The van der Waals surface area contributed by atoms with Crippen molar-refractivity contribution in [1.82, 2.24) is 0 Å². The Labute approximate surface area is 51.1 Å². The average Bonchev–Trinajstić information content (AvgIpc) is 1.25. The van der Waals surface area contributed by atoms with Gasteiger partial charge in [-0.3, -0.25) is 9.11 Å². The van der Waals surface area contributed by atoms with Crippen LogP contribution in [0, 0.1) is 0 Å². The molecule has 0 saturated heterocycles. The van der Waals surface area contributed by atoms with Crippen molar-refractivity contribution in [2.24, 2.45) is 10.3 Å². The van der Waals surface area contributed by atoms with Gasteiger partial charge in [0.05, 0.1) is 0 Å². The molecule has 0 saturated carbocycles. The lowest BCUT2D eigenvalue weighted by Gasteiger charge is -1.61. The van der Waals surface area contributed by atoms with Crippen LogP contribution in [-0.4, -0.2) is 17.5 Å². The molecule has 0 amide bonds. The lowest BCUT2D eigenvalue weighted by molar-refractivity contribution is 0.564. The fourth-order valence-corrected chi connectivity index (χ4v) is 0. The van der Waals surface area contributed by atoms with E-state index in [4.69, 9.17) is 17.5 Å². The van der Waals surface area contributed by atoms with Gasteiger partial charge in [0, 0.05) is 0 Å². The van der Waals surface area contributed by atoms with Crippen LogP contribution >= 0.6 is 0 Å². The highest BCUT2D eigenvalue weighted by atomic mass is 32.2. The topological polar surface area (TPSA) is 127 Å². The van der Waals surface area contributed by atoms with Crippen molar-refractivity contribution < 1.29 is 17.5 Å². The van der Waals surface area contributed by atoms with Crippen LogP contribution in [0.3, 0.4) is 0 Å². The van der Waals surface area contributed by atoms with E-state index >= 15 is 0 Å². The van der Waals surface area contributed by atoms with E-state index in [1.54, 1.807) is 0 Å². The number of hydrogen-bond donors (Lipinski definition) is 4. The molecule has 52 valence electrons. The Balaban J connectivity index is 0. The standard InChI is InChI=1S/2H3NO2S/c2*1-4(2)3/h2*1H2,(H,2,3). The summed E-state index contributed by atoms with van der Waals surface area (Å²) in [5, 5.41) is 8.28. The quantitative estimate of drug-likeness (QED) is 0.312. The van der Waals surface area contributed by atoms with E-state index in [0.717, 1.165) is 0 Å². The first-order valence-corrected chi connectivity index (χ1v) is 3.51. The molecule has 0 aromatic carbocycles. The maximum atomic E-state index is 8.89. The maximum Gasteiger partial charge on any atom is 0.228 e. The monoisotopic (exact) mass is 162 g/mol. The third-order valence-corrected chi connectivity index (χ3v) is 0. The van der Waals surface area contributed by atoms with Gasteiger partial charge >= 0.3 is 0 Å². The van der Waals surface area contributed by atoms with Gasteiger partial charge in [0.2, 0.25) is 22.5 Å². The molecule has 0 aliphatic carbocycles. The Morgan fingerprint density at radius 1 is 1.00 bits per heavy atom. The Bertz CT molecular complexity index is 70.0. The third kappa shape index (κ3) is 8280. The zero-order valence-corrected chi connectivity index (χ0v) is 5.32. The lowest BCUT2D eigenvalue weighted by Crippen LogP contribution is -1.96. The van der Waals surface area contributed by atoms with E-state index in [1.807, 2.05) is 0 Å². The van der Waals surface area contributed by atoms with E-state index in [0.29, 0.717) is 0 Å². The highest BCUT2D eigenvalue weighted by Crippen LogP contribution is 1.34. The summed E-state index contributed by atoms with van der Waals surface area (Å²) in [6.45, 7) is 0. The van der Waals surface area contributed by atoms with Crippen LogP contribution in [0.25, 0.3) is 0 Å². The van der Waals surface area contributed by atoms with E-state index in [1.165, 1.54) is 0 Å². The molecule has 0 rings (SSSR count). The molecule has 0 aromatic heterocycles. The van der Waals surface area contributed by atoms with Crippen molar-refractivity contribution >= 4 is 22.5 Å². The summed E-state index contributed by atoms with van der Waals surface area (Å²) < 4.78 is 32.4. The second-order valence-electron chi connectivity index (χ2n) is 0.552. The van der Waals surface area contributed by atoms with Crippen LogP contribution in [0.5, 0.6) is 0 Å². The van der Waals surface area contributed by atoms with Crippen LogP contribution in [0.1, 0.15) is 0 Å². The molecule has 8 heteroatoms. The highest BCUT2D eigenvalue weighted by Gasteiger charge is 1.59. The molecular formula is H6N2O4S2. The zero-order valence-electron chi connectivity index (χ0n) is 3.68. The van der Waals surface area contributed by atoms with Crippen molar-refractivity contribution in [3.63, 3.8) is 0 Å². The highest BCUT2D eigenvalue weighted by molar-refractivity contribution is 7.76. The lowest BCUT2D eigenvalue weighted by atomic mass is 13.9. The molecule has 6 N–H and O–H groups in total. The maximum absolute atomic E-state index is 8.89. The van der Waals surface area contributed by atoms with Gasteiger partial charge in [-0.05, 0) is 0 Å². The number of hydrogen-bond acceptors (Lipinski definition) is 2. The Morgan fingerprint density at radius 3 is 1.00 bits per heavy atom. The first-order valence-electron chi connectivity index (χ1n) is 1.17. The molecule has 0 bridgehead atoms. The van der Waals surface area contributed by atoms with Crippen molar-refractivity contribution in [3.05, 3.63) is 0 Å². The molecule has 0 fully saturated rings. The summed E-state index contributed by atoms with van der Waals surface area (Å²) in [4.78, 5) is 0. The van der Waals surface area contributed by atoms with Gasteiger partial charge < -0.3 is 0 Å². The molecule has 0 spiro atoms. The van der Waals surface area contributed by atoms with Crippen LogP contribution in [0.2, 0.25) is 0 Å². The van der Waals surface area contributed by atoms with Crippen LogP contribution in [0.4, 0.5) is 0 Å². The molecule has 2 unspecified atom stereocenters. The summed E-state index contributed by atoms with van der Waals surface area (Å²) in [5.41, 5.74) is 0. The predicted molar refractivity (Wildman–Crippen MR) is 29.9 cm³/mol. The van der Waals surface area contributed by atoms with Gasteiger partial charge in [-0.15, -0.1) is 0 Å². The smallest absolute Gasteiger partial charge is 0.228 e. The summed E-state index contributed by atoms with van der Waals surface area (Å²) in [6, 6.07) is 0. The Morgan fingerprint density at radius 2 is 1.00 bits per heavy atom. The SMILES string of the molecule is NS(=O)O.NS(=O)O. The molecule has 8 heavy (non-hydrogen) atoms. The van der Waals surface area contributed by atoms with Gasteiger partial charge in [0.25, 0.3) is 0 Å². The second-order valence-corrected chi connectivity index (χ2v) is 1.66. The fraction of sp³-hybridized carbons (Fsp3) is 0. The second kappa shape index (κ2) is 7.14. The number of nitrogens with two attached hydrogens (primary N) is 2. The van der Waals surface area contributed by atoms with E-state index < -0.39 is 22.5 Å². The minimum atomic E-state index is -2.11. The fourth-order valence-electron chi connectivity index (χ4n) is 0. The van der Waals surface area contributed by atoms with Gasteiger partial charge in [-0.1, -0.05) is 0 Å². The molecule has 2 atom stereocenters. The molecule has 0 heterocycles. The molecule has 0 aromatic rings.